The zero-order valence-electron chi connectivity index (χ0n) is 14.3. The lowest BCUT2D eigenvalue weighted by Crippen LogP contribution is -2.37. The van der Waals surface area contributed by atoms with E-state index in [1.165, 1.54) is 11.1 Å². The van der Waals surface area contributed by atoms with Gasteiger partial charge in [0.05, 0.1) is 11.7 Å². The van der Waals surface area contributed by atoms with E-state index < -0.39 is 0 Å². The summed E-state index contributed by atoms with van der Waals surface area (Å²) in [5.74, 6) is 1.50. The summed E-state index contributed by atoms with van der Waals surface area (Å²) >= 11 is 1.63. The molecular formula is C18H25N3O2S. The number of hydrazone groups is 1. The van der Waals surface area contributed by atoms with Gasteiger partial charge >= 0.3 is 0 Å². The zero-order valence-corrected chi connectivity index (χ0v) is 15.1. The summed E-state index contributed by atoms with van der Waals surface area (Å²) in [4.78, 5) is 13.0. The van der Waals surface area contributed by atoms with Crippen LogP contribution in [-0.2, 0) is 11.2 Å². The average molecular weight is 347 g/mol. The number of nitrogens with one attached hydrogen (secondary N) is 1. The Bertz CT molecular complexity index is 612. The molecule has 0 aromatic heterocycles. The molecule has 130 valence electrons. The van der Waals surface area contributed by atoms with Crippen molar-refractivity contribution in [3.8, 4) is 5.75 Å². The molecule has 1 amide bonds. The summed E-state index contributed by atoms with van der Waals surface area (Å²) in [5.41, 5.74) is 5.10. The van der Waals surface area contributed by atoms with Gasteiger partial charge in [-0.25, -0.2) is 5.43 Å². The quantitative estimate of drug-likeness (QED) is 0.385. The summed E-state index contributed by atoms with van der Waals surface area (Å²) in [6.45, 7) is 5.17. The van der Waals surface area contributed by atoms with Gasteiger partial charge in [0.2, 0.25) is 6.41 Å². The van der Waals surface area contributed by atoms with Gasteiger partial charge in [-0.2, -0.15) is 5.10 Å². The predicted octanol–water partition coefficient (Wildman–Crippen LogP) is 2.82. The Morgan fingerprint density at radius 3 is 2.96 bits per heavy atom. The largest absolute Gasteiger partial charge is 0.493 e. The van der Waals surface area contributed by atoms with Crippen LogP contribution in [0.1, 0.15) is 36.9 Å². The molecular weight excluding hydrogens is 322 g/mol. The van der Waals surface area contributed by atoms with Crippen LogP contribution in [0.5, 0.6) is 5.75 Å². The molecule has 0 saturated carbocycles. The highest BCUT2D eigenvalue weighted by Crippen LogP contribution is 2.33. The van der Waals surface area contributed by atoms with Crippen molar-refractivity contribution < 1.29 is 9.53 Å². The molecule has 6 heteroatoms. The molecule has 0 aliphatic carbocycles. The third-order valence-electron chi connectivity index (χ3n) is 5.07. The Labute approximate surface area is 147 Å². The second kappa shape index (κ2) is 8.03. The minimum atomic E-state index is 0.392. The van der Waals surface area contributed by atoms with Crippen molar-refractivity contribution >= 4 is 23.2 Å². The molecule has 1 aromatic rings. The molecule has 1 unspecified atom stereocenters. The van der Waals surface area contributed by atoms with Crippen LogP contribution in [0.25, 0.3) is 0 Å². The fourth-order valence-electron chi connectivity index (χ4n) is 3.58. The second-order valence-electron chi connectivity index (χ2n) is 6.35. The van der Waals surface area contributed by atoms with Crippen molar-refractivity contribution in [2.45, 2.75) is 32.2 Å². The molecule has 0 bridgehead atoms. The number of likely N-dealkylation sites (tertiary alicyclic amines) is 1. The van der Waals surface area contributed by atoms with Gasteiger partial charge in [0.25, 0.3) is 0 Å². The van der Waals surface area contributed by atoms with E-state index in [1.54, 1.807) is 11.8 Å². The van der Waals surface area contributed by atoms with Gasteiger partial charge < -0.3 is 4.74 Å². The summed E-state index contributed by atoms with van der Waals surface area (Å²) < 4.78 is 5.70. The minimum Gasteiger partial charge on any atom is -0.493 e. The number of hydrogen-bond acceptors (Lipinski definition) is 5. The molecule has 1 fully saturated rings. The van der Waals surface area contributed by atoms with Crippen LogP contribution in [0.2, 0.25) is 0 Å². The van der Waals surface area contributed by atoms with E-state index in [9.17, 15) is 4.79 Å². The fourth-order valence-corrected chi connectivity index (χ4v) is 4.29. The number of hydrogen-bond donors (Lipinski definition) is 1. The van der Waals surface area contributed by atoms with E-state index in [2.05, 4.69) is 40.5 Å². The molecule has 0 spiro atoms. The second-order valence-corrected chi connectivity index (χ2v) is 7.18. The van der Waals surface area contributed by atoms with E-state index in [0.717, 1.165) is 49.8 Å². The third kappa shape index (κ3) is 3.75. The number of amides is 1. The monoisotopic (exact) mass is 347 g/mol. The Morgan fingerprint density at radius 1 is 1.46 bits per heavy atom. The van der Waals surface area contributed by atoms with E-state index in [0.29, 0.717) is 18.4 Å². The molecule has 0 radical (unpaired) electrons. The number of benzene rings is 1. The van der Waals surface area contributed by atoms with E-state index in [-0.39, 0.29) is 0 Å². The van der Waals surface area contributed by atoms with Crippen LogP contribution < -0.4 is 10.2 Å². The van der Waals surface area contributed by atoms with Crippen LogP contribution in [0.3, 0.4) is 0 Å². The zero-order chi connectivity index (χ0) is 16.9. The maximum Gasteiger partial charge on any atom is 0.227 e. The molecule has 2 aliphatic rings. The fraction of sp³-hybridized carbons (Fsp3) is 0.556. The normalized spacial score (nSPS) is 20.3. The van der Waals surface area contributed by atoms with E-state index in [1.807, 2.05) is 6.26 Å². The highest BCUT2D eigenvalue weighted by Gasteiger charge is 2.27. The van der Waals surface area contributed by atoms with Gasteiger partial charge in [-0.15, -0.1) is 11.8 Å². The van der Waals surface area contributed by atoms with Crippen molar-refractivity contribution in [2.75, 3.05) is 26.0 Å². The molecule has 3 rings (SSSR count). The summed E-state index contributed by atoms with van der Waals surface area (Å²) in [6, 6.07) is 7.06. The summed E-state index contributed by atoms with van der Waals surface area (Å²) in [5, 5.41) is 5.21. The standard InChI is InChI=1S/C18H25N3O2S/c1-13(16-4-3-14-7-10-23-17(14)11-16)21-8-5-15(6-9-21)18(24-2)20-19-12-22/h3-4,11-13,15H,5-10H2,1-2H3,(H,19,22)/b20-18-. The number of ether oxygens (including phenoxy) is 1. The molecule has 5 nitrogen and oxygen atoms in total. The van der Waals surface area contributed by atoms with E-state index in [4.69, 9.17) is 4.74 Å². The van der Waals surface area contributed by atoms with Crippen LogP contribution in [0.4, 0.5) is 0 Å². The van der Waals surface area contributed by atoms with Crippen LogP contribution in [-0.4, -0.2) is 42.3 Å². The molecule has 2 heterocycles. The van der Waals surface area contributed by atoms with Gasteiger partial charge in [-0.1, -0.05) is 12.1 Å². The topological polar surface area (TPSA) is 53.9 Å². The number of rotatable bonds is 5. The lowest BCUT2D eigenvalue weighted by Gasteiger charge is -2.36. The first-order chi connectivity index (χ1) is 11.7. The molecule has 1 N–H and O–H groups in total. The summed E-state index contributed by atoms with van der Waals surface area (Å²) in [7, 11) is 0. The van der Waals surface area contributed by atoms with Gasteiger partial charge in [0.1, 0.15) is 5.75 Å². The van der Waals surface area contributed by atoms with Gasteiger partial charge in [-0.3, -0.25) is 9.69 Å². The number of carbonyl (C=O) groups is 1. The minimum absolute atomic E-state index is 0.392. The number of thioether (sulfide) groups is 1. The molecule has 1 aromatic carbocycles. The Kier molecular flexibility index (Phi) is 5.79. The number of fused-ring (bicyclic) bond motifs is 1. The highest BCUT2D eigenvalue weighted by atomic mass is 32.2. The van der Waals surface area contributed by atoms with Gasteiger partial charge in [0, 0.05) is 18.4 Å². The number of carbonyl (C=O) groups excluding carboxylic acids is 1. The number of piperidine rings is 1. The van der Waals surface area contributed by atoms with Crippen molar-refractivity contribution in [3.05, 3.63) is 29.3 Å². The third-order valence-corrected chi connectivity index (χ3v) is 5.91. The van der Waals surface area contributed by atoms with Crippen LogP contribution >= 0.6 is 11.8 Å². The van der Waals surface area contributed by atoms with Gasteiger partial charge in [-0.05, 0) is 56.3 Å². The molecule has 24 heavy (non-hydrogen) atoms. The Morgan fingerprint density at radius 2 is 2.25 bits per heavy atom. The maximum absolute atomic E-state index is 10.4. The van der Waals surface area contributed by atoms with Crippen molar-refractivity contribution in [1.82, 2.24) is 10.3 Å². The lowest BCUT2D eigenvalue weighted by atomic mass is 9.95. The smallest absolute Gasteiger partial charge is 0.227 e. The first-order valence-corrected chi connectivity index (χ1v) is 9.75. The van der Waals surface area contributed by atoms with Gasteiger partial charge in [0.15, 0.2) is 0 Å². The molecule has 1 atom stereocenters. The highest BCUT2D eigenvalue weighted by molar-refractivity contribution is 8.13. The first kappa shape index (κ1) is 17.3. The number of nitrogens with zero attached hydrogens (tertiary/aromatic N) is 2. The van der Waals surface area contributed by atoms with E-state index >= 15 is 0 Å². The molecule has 1 saturated heterocycles. The lowest BCUT2D eigenvalue weighted by molar-refractivity contribution is -0.109. The first-order valence-electron chi connectivity index (χ1n) is 8.53. The van der Waals surface area contributed by atoms with Crippen molar-refractivity contribution in [1.29, 1.82) is 0 Å². The summed E-state index contributed by atoms with van der Waals surface area (Å²) in [6.07, 6.45) is 5.83. The van der Waals surface area contributed by atoms with Crippen LogP contribution in [0, 0.1) is 5.92 Å². The SMILES string of the molecule is CS/C(=N\NC=O)C1CCN(C(C)c2ccc3c(c2)OCC3)CC1. The Hall–Kier alpha value is -1.53. The average Bonchev–Trinajstić information content (AvgIpc) is 3.10. The van der Waals surface area contributed by atoms with Crippen molar-refractivity contribution in [2.24, 2.45) is 11.0 Å². The van der Waals surface area contributed by atoms with Crippen LogP contribution in [0.15, 0.2) is 23.3 Å². The molecule has 2 aliphatic heterocycles. The maximum atomic E-state index is 10.4. The Balaban J connectivity index is 1.61. The predicted molar refractivity (Wildman–Crippen MR) is 98.5 cm³/mol. The van der Waals surface area contributed by atoms with Crippen molar-refractivity contribution in [3.63, 3.8) is 0 Å².